The number of sulfonamides is 1. The number of nitrogens with zero attached hydrogens (tertiary/aromatic N) is 3. The van der Waals surface area contributed by atoms with Gasteiger partial charge in [-0.3, -0.25) is 9.78 Å². The number of hydrogen-bond donors (Lipinski definition) is 1. The Morgan fingerprint density at radius 3 is 2.54 bits per heavy atom. The third-order valence-corrected chi connectivity index (χ3v) is 4.42. The molecule has 1 aromatic carbocycles. The van der Waals surface area contributed by atoms with Crippen LogP contribution in [0.25, 0.3) is 0 Å². The van der Waals surface area contributed by atoms with Gasteiger partial charge < -0.3 is 5.32 Å². The summed E-state index contributed by atoms with van der Waals surface area (Å²) < 4.78 is 24.9. The first kappa shape index (κ1) is 17.6. The van der Waals surface area contributed by atoms with Crippen LogP contribution in [-0.4, -0.2) is 36.4 Å². The Balaban J connectivity index is 2.12. The van der Waals surface area contributed by atoms with Gasteiger partial charge in [-0.1, -0.05) is 12.1 Å². The van der Waals surface area contributed by atoms with Crippen LogP contribution in [0.1, 0.15) is 11.1 Å². The minimum Gasteiger partial charge on any atom is -0.324 e. The number of aromatic nitrogens is 1. The van der Waals surface area contributed by atoms with Gasteiger partial charge in [0.15, 0.2) is 0 Å². The van der Waals surface area contributed by atoms with E-state index in [0.717, 1.165) is 16.1 Å². The first-order chi connectivity index (χ1) is 11.4. The van der Waals surface area contributed by atoms with E-state index < -0.39 is 15.9 Å². The summed E-state index contributed by atoms with van der Waals surface area (Å²) in [5.41, 5.74) is 1.38. The van der Waals surface area contributed by atoms with E-state index in [2.05, 4.69) is 10.3 Å². The van der Waals surface area contributed by atoms with Crippen LogP contribution in [0.15, 0.2) is 48.8 Å². The number of para-hydroxylation sites is 1. The van der Waals surface area contributed by atoms with Gasteiger partial charge in [0, 0.05) is 18.9 Å². The summed E-state index contributed by atoms with van der Waals surface area (Å²) in [5, 5.41) is 11.6. The predicted molar refractivity (Wildman–Crippen MR) is 89.3 cm³/mol. The van der Waals surface area contributed by atoms with E-state index in [-0.39, 0.29) is 13.1 Å². The molecule has 0 radical (unpaired) electrons. The van der Waals surface area contributed by atoms with Crippen molar-refractivity contribution in [3.8, 4) is 6.07 Å². The zero-order valence-electron chi connectivity index (χ0n) is 13.0. The Morgan fingerprint density at radius 1 is 1.25 bits per heavy atom. The third kappa shape index (κ3) is 4.87. The molecule has 2 aromatic rings. The quantitative estimate of drug-likeness (QED) is 0.852. The van der Waals surface area contributed by atoms with Gasteiger partial charge >= 0.3 is 0 Å². The molecule has 0 unspecified atom stereocenters. The molecule has 2 rings (SSSR count). The van der Waals surface area contributed by atoms with Crippen molar-refractivity contribution in [2.24, 2.45) is 0 Å². The molecule has 1 N–H and O–H groups in total. The number of anilines is 1. The molecule has 0 aliphatic heterocycles. The van der Waals surface area contributed by atoms with E-state index >= 15 is 0 Å². The first-order valence-electron chi connectivity index (χ1n) is 7.03. The number of carbonyl (C=O) groups excluding carboxylic acids is 1. The summed E-state index contributed by atoms with van der Waals surface area (Å²) in [6.45, 7) is -0.282. The van der Waals surface area contributed by atoms with Crippen molar-refractivity contribution in [2.45, 2.75) is 6.54 Å². The molecule has 1 amide bonds. The molecular weight excluding hydrogens is 328 g/mol. The topological polar surface area (TPSA) is 103 Å². The van der Waals surface area contributed by atoms with Gasteiger partial charge in [-0.15, -0.1) is 0 Å². The normalized spacial score (nSPS) is 11.0. The average molecular weight is 344 g/mol. The smallest absolute Gasteiger partial charge is 0.239 e. The van der Waals surface area contributed by atoms with Crippen LogP contribution in [0.2, 0.25) is 0 Å². The third-order valence-electron chi connectivity index (χ3n) is 3.22. The zero-order valence-corrected chi connectivity index (χ0v) is 13.8. The van der Waals surface area contributed by atoms with Crippen molar-refractivity contribution >= 4 is 21.6 Å². The second-order valence-electron chi connectivity index (χ2n) is 5.09. The SMILES string of the molecule is CS(=O)(=O)N(CC(=O)Nc1ccccc1C#N)Cc1ccncc1. The minimum atomic E-state index is -3.58. The average Bonchev–Trinajstić information content (AvgIpc) is 2.55. The Bertz CT molecular complexity index is 860. The van der Waals surface area contributed by atoms with E-state index in [1.165, 1.54) is 0 Å². The number of benzene rings is 1. The number of hydrogen-bond acceptors (Lipinski definition) is 5. The fourth-order valence-corrected chi connectivity index (χ4v) is 2.76. The fourth-order valence-electron chi connectivity index (χ4n) is 2.02. The van der Waals surface area contributed by atoms with Crippen LogP contribution in [0, 0.1) is 11.3 Å². The van der Waals surface area contributed by atoms with Gasteiger partial charge in [0.05, 0.1) is 24.1 Å². The minimum absolute atomic E-state index is 0.0642. The van der Waals surface area contributed by atoms with Gasteiger partial charge in [-0.05, 0) is 29.8 Å². The molecule has 7 nitrogen and oxygen atoms in total. The number of nitrogens with one attached hydrogen (secondary N) is 1. The summed E-state index contributed by atoms with van der Waals surface area (Å²) in [6.07, 6.45) is 4.16. The highest BCUT2D eigenvalue weighted by Crippen LogP contribution is 2.14. The molecule has 24 heavy (non-hydrogen) atoms. The Hall–Kier alpha value is -2.76. The summed E-state index contributed by atoms with van der Waals surface area (Å²) >= 11 is 0. The Labute approximate surface area is 140 Å². The maximum atomic E-state index is 12.2. The molecule has 124 valence electrons. The highest BCUT2D eigenvalue weighted by molar-refractivity contribution is 7.88. The van der Waals surface area contributed by atoms with Crippen molar-refractivity contribution < 1.29 is 13.2 Å². The van der Waals surface area contributed by atoms with Crippen LogP contribution in [0.3, 0.4) is 0 Å². The van der Waals surface area contributed by atoms with Crippen molar-refractivity contribution in [3.05, 3.63) is 59.9 Å². The van der Waals surface area contributed by atoms with E-state index in [1.807, 2.05) is 6.07 Å². The summed E-state index contributed by atoms with van der Waals surface area (Å²) in [5.74, 6) is -0.516. The molecule has 0 aliphatic carbocycles. The largest absolute Gasteiger partial charge is 0.324 e. The fraction of sp³-hybridized carbons (Fsp3) is 0.188. The number of pyridine rings is 1. The molecule has 8 heteroatoms. The molecule has 0 aliphatic rings. The van der Waals surface area contributed by atoms with E-state index in [9.17, 15) is 13.2 Å². The van der Waals surface area contributed by atoms with Crippen LogP contribution in [0.4, 0.5) is 5.69 Å². The number of carbonyl (C=O) groups is 1. The first-order valence-corrected chi connectivity index (χ1v) is 8.88. The summed E-state index contributed by atoms with van der Waals surface area (Å²) in [7, 11) is -3.58. The predicted octanol–water partition coefficient (Wildman–Crippen LogP) is 1.35. The van der Waals surface area contributed by atoms with Crippen molar-refractivity contribution in [3.63, 3.8) is 0 Å². The standard InChI is InChI=1S/C16H16N4O3S/c1-24(22,23)20(11-13-6-8-18-9-7-13)12-16(21)19-15-5-3-2-4-14(15)10-17/h2-9H,11-12H2,1H3,(H,19,21). The zero-order chi connectivity index (χ0) is 17.6. The van der Waals surface area contributed by atoms with Gasteiger partial charge in [0.2, 0.25) is 15.9 Å². The molecular formula is C16H16N4O3S. The van der Waals surface area contributed by atoms with E-state index in [1.54, 1.807) is 48.8 Å². The van der Waals surface area contributed by atoms with Gasteiger partial charge in [0.25, 0.3) is 0 Å². The number of rotatable bonds is 6. The Morgan fingerprint density at radius 2 is 1.92 bits per heavy atom. The maximum Gasteiger partial charge on any atom is 0.239 e. The van der Waals surface area contributed by atoms with E-state index in [4.69, 9.17) is 5.26 Å². The van der Waals surface area contributed by atoms with Crippen molar-refractivity contribution in [2.75, 3.05) is 18.1 Å². The lowest BCUT2D eigenvalue weighted by Gasteiger charge is -2.19. The lowest BCUT2D eigenvalue weighted by atomic mass is 10.2. The monoisotopic (exact) mass is 344 g/mol. The highest BCUT2D eigenvalue weighted by atomic mass is 32.2. The van der Waals surface area contributed by atoms with E-state index in [0.29, 0.717) is 11.3 Å². The van der Waals surface area contributed by atoms with Crippen LogP contribution in [-0.2, 0) is 21.4 Å². The number of nitriles is 1. The molecule has 0 spiro atoms. The Kier molecular flexibility index (Phi) is 5.63. The second-order valence-corrected chi connectivity index (χ2v) is 7.07. The lowest BCUT2D eigenvalue weighted by Crippen LogP contribution is -2.37. The van der Waals surface area contributed by atoms with Gasteiger partial charge in [-0.25, -0.2) is 8.42 Å². The van der Waals surface area contributed by atoms with Gasteiger partial charge in [-0.2, -0.15) is 9.57 Å². The van der Waals surface area contributed by atoms with Crippen molar-refractivity contribution in [1.29, 1.82) is 5.26 Å². The van der Waals surface area contributed by atoms with Crippen LogP contribution >= 0.6 is 0 Å². The molecule has 0 bridgehead atoms. The summed E-state index contributed by atoms with van der Waals surface area (Å²) in [6, 6.07) is 11.9. The second kappa shape index (κ2) is 7.68. The van der Waals surface area contributed by atoms with Crippen LogP contribution < -0.4 is 5.32 Å². The van der Waals surface area contributed by atoms with Crippen LogP contribution in [0.5, 0.6) is 0 Å². The molecule has 0 atom stereocenters. The number of amides is 1. The maximum absolute atomic E-state index is 12.2. The molecule has 1 heterocycles. The molecule has 0 saturated carbocycles. The van der Waals surface area contributed by atoms with Crippen molar-refractivity contribution in [1.82, 2.24) is 9.29 Å². The summed E-state index contributed by atoms with van der Waals surface area (Å²) in [4.78, 5) is 16.1. The molecule has 0 saturated heterocycles. The lowest BCUT2D eigenvalue weighted by molar-refractivity contribution is -0.116. The molecule has 1 aromatic heterocycles. The van der Waals surface area contributed by atoms with Gasteiger partial charge in [0.1, 0.15) is 6.07 Å². The highest BCUT2D eigenvalue weighted by Gasteiger charge is 2.21. The molecule has 0 fully saturated rings.